The molecule has 118 valence electrons. The zero-order chi connectivity index (χ0) is 14.7. The average molecular weight is 292 g/mol. The Morgan fingerprint density at radius 3 is 2.67 bits per heavy atom. The second-order valence-corrected chi connectivity index (χ2v) is 6.74. The molecule has 2 N–H and O–H groups in total. The fraction of sp³-hybridized carbons (Fsp3) is 0.875. The van der Waals surface area contributed by atoms with Crippen molar-refractivity contribution in [3.8, 4) is 0 Å². The van der Waals surface area contributed by atoms with Crippen molar-refractivity contribution >= 4 is 11.9 Å². The lowest BCUT2D eigenvalue weighted by molar-refractivity contribution is -0.124. The molecule has 0 aromatic carbocycles. The predicted molar refractivity (Wildman–Crippen MR) is 84.2 cm³/mol. The van der Waals surface area contributed by atoms with Crippen molar-refractivity contribution in [2.75, 3.05) is 26.2 Å². The fourth-order valence-electron chi connectivity index (χ4n) is 3.75. The van der Waals surface area contributed by atoms with E-state index in [9.17, 15) is 4.79 Å². The minimum Gasteiger partial charge on any atom is -0.343 e. The third-order valence-electron chi connectivity index (χ3n) is 5.28. The quantitative estimate of drug-likeness (QED) is 0.829. The van der Waals surface area contributed by atoms with E-state index in [0.29, 0.717) is 0 Å². The summed E-state index contributed by atoms with van der Waals surface area (Å²) in [4.78, 5) is 19.4. The van der Waals surface area contributed by atoms with Crippen LogP contribution in [-0.4, -0.2) is 48.5 Å². The van der Waals surface area contributed by atoms with E-state index in [1.165, 1.54) is 32.1 Å². The van der Waals surface area contributed by atoms with Crippen LogP contribution in [0.1, 0.15) is 51.9 Å². The molecule has 5 nitrogen and oxygen atoms in total. The number of hydrogen-bond donors (Lipinski definition) is 2. The van der Waals surface area contributed by atoms with Gasteiger partial charge in [-0.3, -0.25) is 10.1 Å². The number of piperidine rings is 2. The highest BCUT2D eigenvalue weighted by Gasteiger charge is 2.45. The van der Waals surface area contributed by atoms with Crippen molar-refractivity contribution in [3.05, 3.63) is 0 Å². The van der Waals surface area contributed by atoms with Gasteiger partial charge in [-0.15, -0.1) is 0 Å². The van der Waals surface area contributed by atoms with Crippen molar-refractivity contribution in [1.82, 2.24) is 15.5 Å². The van der Waals surface area contributed by atoms with Crippen molar-refractivity contribution in [3.63, 3.8) is 0 Å². The molecule has 0 radical (unpaired) electrons. The van der Waals surface area contributed by atoms with Gasteiger partial charge in [0.05, 0.1) is 0 Å². The maximum Gasteiger partial charge on any atom is 0.254 e. The first-order chi connectivity index (χ1) is 10.2. The number of carbonyl (C=O) groups excluding carboxylic acids is 1. The summed E-state index contributed by atoms with van der Waals surface area (Å²) in [6, 6.07) is 0. The Morgan fingerprint density at radius 1 is 1.29 bits per heavy atom. The van der Waals surface area contributed by atoms with Gasteiger partial charge in [-0.1, -0.05) is 26.2 Å². The monoisotopic (exact) mass is 292 g/mol. The molecule has 0 aliphatic carbocycles. The summed E-state index contributed by atoms with van der Waals surface area (Å²) < 4.78 is 0. The average Bonchev–Trinajstić information content (AvgIpc) is 2.83. The smallest absolute Gasteiger partial charge is 0.254 e. The summed E-state index contributed by atoms with van der Waals surface area (Å²) >= 11 is 0. The van der Waals surface area contributed by atoms with E-state index in [2.05, 4.69) is 22.5 Å². The SMILES string of the molecule is CCCCC1CCN(C2=NC3(CCNCC3)C(=O)N2)CC1. The first kappa shape index (κ1) is 14.8. The van der Waals surface area contributed by atoms with Gasteiger partial charge in [0.15, 0.2) is 0 Å². The van der Waals surface area contributed by atoms with Gasteiger partial charge in [0, 0.05) is 13.1 Å². The molecule has 5 heteroatoms. The van der Waals surface area contributed by atoms with Crippen molar-refractivity contribution < 1.29 is 4.79 Å². The highest BCUT2D eigenvalue weighted by molar-refractivity contribution is 6.07. The van der Waals surface area contributed by atoms with Crippen molar-refractivity contribution in [2.45, 2.75) is 57.4 Å². The summed E-state index contributed by atoms with van der Waals surface area (Å²) in [7, 11) is 0. The van der Waals surface area contributed by atoms with Gasteiger partial charge in [-0.2, -0.15) is 0 Å². The Labute approximate surface area is 127 Å². The minimum absolute atomic E-state index is 0.118. The largest absolute Gasteiger partial charge is 0.343 e. The molecule has 0 unspecified atom stereocenters. The molecule has 1 amide bonds. The van der Waals surface area contributed by atoms with Crippen LogP contribution >= 0.6 is 0 Å². The van der Waals surface area contributed by atoms with Crippen molar-refractivity contribution in [2.24, 2.45) is 10.9 Å². The van der Waals surface area contributed by atoms with Crippen LogP contribution < -0.4 is 10.6 Å². The molecule has 0 aromatic rings. The van der Waals surface area contributed by atoms with Gasteiger partial charge < -0.3 is 10.2 Å². The van der Waals surface area contributed by atoms with E-state index in [-0.39, 0.29) is 5.91 Å². The number of nitrogens with zero attached hydrogens (tertiary/aromatic N) is 2. The normalized spacial score (nSPS) is 26.0. The number of hydrogen-bond acceptors (Lipinski definition) is 4. The number of likely N-dealkylation sites (tertiary alicyclic amines) is 1. The van der Waals surface area contributed by atoms with Crippen LogP contribution in [0.3, 0.4) is 0 Å². The zero-order valence-corrected chi connectivity index (χ0v) is 13.2. The lowest BCUT2D eigenvalue weighted by Crippen LogP contribution is -2.49. The molecular weight excluding hydrogens is 264 g/mol. The van der Waals surface area contributed by atoms with Crippen LogP contribution in [-0.2, 0) is 4.79 Å². The maximum atomic E-state index is 12.3. The molecule has 3 aliphatic heterocycles. The fourth-order valence-corrected chi connectivity index (χ4v) is 3.75. The minimum atomic E-state index is -0.473. The molecule has 3 aliphatic rings. The molecule has 1 spiro atoms. The highest BCUT2D eigenvalue weighted by atomic mass is 16.2. The number of guanidine groups is 1. The topological polar surface area (TPSA) is 56.7 Å². The van der Waals surface area contributed by atoms with Gasteiger partial charge in [0.2, 0.25) is 5.96 Å². The Hall–Kier alpha value is -1.10. The molecule has 0 saturated carbocycles. The van der Waals surface area contributed by atoms with Crippen LogP contribution in [0.25, 0.3) is 0 Å². The lowest BCUT2D eigenvalue weighted by Gasteiger charge is -2.33. The van der Waals surface area contributed by atoms with Crippen LogP contribution in [0.5, 0.6) is 0 Å². The molecule has 2 fully saturated rings. The standard InChI is InChI=1S/C16H28N4O/c1-2-3-4-13-5-11-20(12-6-13)15-18-14(21)16(19-15)7-9-17-10-8-16/h13,17H,2-12H2,1H3,(H,18,19,21). The summed E-state index contributed by atoms with van der Waals surface area (Å²) in [6.07, 6.45) is 8.13. The van der Waals surface area contributed by atoms with Gasteiger partial charge in [0.1, 0.15) is 5.54 Å². The van der Waals surface area contributed by atoms with Crippen LogP contribution in [0, 0.1) is 5.92 Å². The number of carbonyl (C=O) groups is 1. The Balaban J connectivity index is 1.58. The van der Waals surface area contributed by atoms with Gasteiger partial charge in [-0.05, 0) is 44.7 Å². The Kier molecular flexibility index (Phi) is 4.48. The second-order valence-electron chi connectivity index (χ2n) is 6.74. The van der Waals surface area contributed by atoms with Gasteiger partial charge in [-0.25, -0.2) is 4.99 Å². The zero-order valence-electron chi connectivity index (χ0n) is 13.2. The van der Waals surface area contributed by atoms with Crippen LogP contribution in [0.4, 0.5) is 0 Å². The first-order valence-electron chi connectivity index (χ1n) is 8.60. The van der Waals surface area contributed by atoms with E-state index >= 15 is 0 Å². The summed E-state index contributed by atoms with van der Waals surface area (Å²) in [6.45, 7) is 6.13. The first-order valence-corrected chi connectivity index (χ1v) is 8.60. The Bertz CT molecular complexity index is 407. The molecular formula is C16H28N4O. The molecule has 21 heavy (non-hydrogen) atoms. The molecule has 0 bridgehead atoms. The van der Waals surface area contributed by atoms with Crippen LogP contribution in [0.2, 0.25) is 0 Å². The third-order valence-corrected chi connectivity index (χ3v) is 5.28. The lowest BCUT2D eigenvalue weighted by atomic mass is 9.89. The van der Waals surface area contributed by atoms with E-state index in [0.717, 1.165) is 50.9 Å². The summed E-state index contributed by atoms with van der Waals surface area (Å²) in [5.74, 6) is 1.83. The number of nitrogens with one attached hydrogen (secondary N) is 2. The number of amides is 1. The third kappa shape index (κ3) is 3.07. The van der Waals surface area contributed by atoms with E-state index in [1.807, 2.05) is 0 Å². The van der Waals surface area contributed by atoms with E-state index in [4.69, 9.17) is 4.99 Å². The van der Waals surface area contributed by atoms with Gasteiger partial charge >= 0.3 is 0 Å². The second kappa shape index (κ2) is 6.34. The molecule has 0 atom stereocenters. The van der Waals surface area contributed by atoms with Gasteiger partial charge in [0.25, 0.3) is 5.91 Å². The predicted octanol–water partition coefficient (Wildman–Crippen LogP) is 1.50. The summed E-state index contributed by atoms with van der Waals surface area (Å²) in [5.41, 5.74) is -0.473. The van der Waals surface area contributed by atoms with E-state index < -0.39 is 5.54 Å². The highest BCUT2D eigenvalue weighted by Crippen LogP contribution is 2.29. The maximum absolute atomic E-state index is 12.3. The molecule has 3 heterocycles. The molecule has 2 saturated heterocycles. The number of rotatable bonds is 3. The number of aliphatic imine (C=N–C) groups is 1. The molecule has 0 aromatic heterocycles. The van der Waals surface area contributed by atoms with E-state index in [1.54, 1.807) is 0 Å². The molecule has 3 rings (SSSR count). The summed E-state index contributed by atoms with van der Waals surface area (Å²) in [5, 5.41) is 6.36. The van der Waals surface area contributed by atoms with Crippen LogP contribution in [0.15, 0.2) is 4.99 Å². The number of unbranched alkanes of at least 4 members (excludes halogenated alkanes) is 1. The Morgan fingerprint density at radius 2 is 2.00 bits per heavy atom. The van der Waals surface area contributed by atoms with Crippen molar-refractivity contribution in [1.29, 1.82) is 0 Å².